The van der Waals surface area contributed by atoms with E-state index in [9.17, 15) is 9.59 Å². The van der Waals surface area contributed by atoms with Gasteiger partial charge in [-0.05, 0) is 30.9 Å². The molecule has 3 rings (SSSR count). The molecule has 2 heterocycles. The van der Waals surface area contributed by atoms with Crippen LogP contribution in [-0.4, -0.2) is 53.9 Å². The van der Waals surface area contributed by atoms with Gasteiger partial charge in [-0.2, -0.15) is 0 Å². The first-order valence-corrected chi connectivity index (χ1v) is 8.25. The van der Waals surface area contributed by atoms with Crippen molar-refractivity contribution in [2.45, 2.75) is 25.3 Å². The minimum absolute atomic E-state index is 0.0154. The van der Waals surface area contributed by atoms with Crippen molar-refractivity contribution in [2.24, 2.45) is 16.6 Å². The van der Waals surface area contributed by atoms with Gasteiger partial charge in [0.1, 0.15) is 0 Å². The lowest BCUT2D eigenvalue weighted by molar-refractivity contribution is -0.127. The molecule has 2 atom stereocenters. The van der Waals surface area contributed by atoms with E-state index < -0.39 is 0 Å². The predicted octanol–water partition coefficient (Wildman–Crippen LogP) is 1.48. The molecule has 2 unspecified atom stereocenters. The molecule has 1 saturated heterocycles. The van der Waals surface area contributed by atoms with Crippen LogP contribution < -0.4 is 11.1 Å². The van der Waals surface area contributed by atoms with Gasteiger partial charge >= 0.3 is 6.03 Å². The number of likely N-dealkylation sites (tertiary alicyclic amines) is 1. The first kappa shape index (κ1) is 16.3. The smallest absolute Gasteiger partial charge is 0.321 e. The predicted molar refractivity (Wildman–Crippen MR) is 92.6 cm³/mol. The molecule has 3 amide bonds. The van der Waals surface area contributed by atoms with Gasteiger partial charge in [0, 0.05) is 25.8 Å². The number of hydrogen-bond acceptors (Lipinski definition) is 4. The summed E-state index contributed by atoms with van der Waals surface area (Å²) in [5.41, 5.74) is 6.60. The quantitative estimate of drug-likeness (QED) is 0.861. The molecule has 7 nitrogen and oxygen atoms in total. The average Bonchev–Trinajstić information content (AvgIpc) is 2.60. The molecule has 3 N–H and O–H groups in total. The molecule has 0 aliphatic carbocycles. The zero-order valence-corrected chi connectivity index (χ0v) is 13.8. The summed E-state index contributed by atoms with van der Waals surface area (Å²) in [6, 6.07) is 9.15. The van der Waals surface area contributed by atoms with Crippen molar-refractivity contribution in [1.82, 2.24) is 9.80 Å². The van der Waals surface area contributed by atoms with Gasteiger partial charge in [-0.1, -0.05) is 18.2 Å². The minimum Gasteiger partial charge on any atom is -0.369 e. The minimum atomic E-state index is -0.138. The van der Waals surface area contributed by atoms with Crippen molar-refractivity contribution in [2.75, 3.05) is 25.5 Å². The van der Waals surface area contributed by atoms with Gasteiger partial charge in [0.15, 0.2) is 5.96 Å². The molecular formula is C17H23N5O2. The number of rotatable bonds is 2. The van der Waals surface area contributed by atoms with E-state index >= 15 is 0 Å². The fraction of sp³-hybridized carbons (Fsp3) is 0.471. The van der Waals surface area contributed by atoms with Crippen LogP contribution in [0.2, 0.25) is 0 Å². The van der Waals surface area contributed by atoms with E-state index in [0.717, 1.165) is 25.1 Å². The fourth-order valence-corrected chi connectivity index (χ4v) is 3.25. The summed E-state index contributed by atoms with van der Waals surface area (Å²) in [4.78, 5) is 32.1. The Labute approximate surface area is 141 Å². The summed E-state index contributed by atoms with van der Waals surface area (Å²) >= 11 is 0. The summed E-state index contributed by atoms with van der Waals surface area (Å²) < 4.78 is 0. The van der Waals surface area contributed by atoms with Crippen molar-refractivity contribution >= 4 is 23.6 Å². The third-order valence-corrected chi connectivity index (χ3v) is 4.71. The number of urea groups is 1. The molecule has 2 aliphatic heterocycles. The van der Waals surface area contributed by atoms with Crippen LogP contribution in [0.3, 0.4) is 0 Å². The maximum absolute atomic E-state index is 12.5. The van der Waals surface area contributed by atoms with Gasteiger partial charge in [0.2, 0.25) is 5.91 Å². The molecule has 7 heteroatoms. The fourth-order valence-electron chi connectivity index (χ4n) is 3.25. The number of carbonyl (C=O) groups is 2. The lowest BCUT2D eigenvalue weighted by Crippen LogP contribution is -2.50. The Kier molecular flexibility index (Phi) is 4.69. The van der Waals surface area contributed by atoms with Gasteiger partial charge in [-0.3, -0.25) is 9.69 Å². The third kappa shape index (κ3) is 3.50. The number of nitrogens with zero attached hydrogens (tertiary/aromatic N) is 3. The maximum Gasteiger partial charge on any atom is 0.321 e. The van der Waals surface area contributed by atoms with Crippen molar-refractivity contribution in [1.29, 1.82) is 0 Å². The van der Waals surface area contributed by atoms with Crippen LogP contribution in [-0.2, 0) is 4.79 Å². The van der Waals surface area contributed by atoms with Crippen LogP contribution in [0.4, 0.5) is 10.5 Å². The van der Waals surface area contributed by atoms with Crippen LogP contribution in [0.5, 0.6) is 0 Å². The summed E-state index contributed by atoms with van der Waals surface area (Å²) in [6.45, 7) is 1.31. The molecule has 1 aromatic rings. The standard InChI is InChI=1S/C17H23N5O2/c1-21-15(23)10-14(20-16(21)18)12-6-5-9-22(11-12)17(24)19-13-7-3-2-4-8-13/h2-4,7-8,12,14H,5-6,9-11H2,1H3,(H2,18,20)(H,19,24). The largest absolute Gasteiger partial charge is 0.369 e. The van der Waals surface area contributed by atoms with Crippen LogP contribution in [0, 0.1) is 5.92 Å². The number of aliphatic imine (C=N–C) groups is 1. The first-order chi connectivity index (χ1) is 11.5. The van der Waals surface area contributed by atoms with Crippen molar-refractivity contribution in [3.63, 3.8) is 0 Å². The van der Waals surface area contributed by atoms with E-state index in [1.54, 1.807) is 11.9 Å². The second kappa shape index (κ2) is 6.90. The lowest BCUT2D eigenvalue weighted by Gasteiger charge is -2.37. The Morgan fingerprint density at radius 1 is 1.33 bits per heavy atom. The highest BCUT2D eigenvalue weighted by molar-refractivity contribution is 5.98. The first-order valence-electron chi connectivity index (χ1n) is 8.25. The number of hydrogen-bond donors (Lipinski definition) is 2. The van der Waals surface area contributed by atoms with Crippen molar-refractivity contribution in [3.8, 4) is 0 Å². The molecule has 0 radical (unpaired) electrons. The number of piperidine rings is 1. The average molecular weight is 329 g/mol. The lowest BCUT2D eigenvalue weighted by atomic mass is 9.88. The van der Waals surface area contributed by atoms with Gasteiger partial charge in [0.25, 0.3) is 0 Å². The number of carbonyl (C=O) groups excluding carboxylic acids is 2. The Balaban J connectivity index is 1.64. The van der Waals surface area contributed by atoms with Gasteiger partial charge < -0.3 is 16.0 Å². The zero-order chi connectivity index (χ0) is 17.1. The van der Waals surface area contributed by atoms with Crippen molar-refractivity contribution in [3.05, 3.63) is 30.3 Å². The number of benzene rings is 1. The Hall–Kier alpha value is -2.57. The highest BCUT2D eigenvalue weighted by atomic mass is 16.2. The van der Waals surface area contributed by atoms with E-state index in [2.05, 4.69) is 10.3 Å². The molecule has 1 fully saturated rings. The summed E-state index contributed by atoms with van der Waals surface area (Å²) in [5, 5.41) is 2.91. The van der Waals surface area contributed by atoms with Gasteiger partial charge in [-0.25, -0.2) is 9.79 Å². The number of nitrogens with one attached hydrogen (secondary N) is 1. The van der Waals surface area contributed by atoms with Gasteiger partial charge in [0.05, 0.1) is 12.5 Å². The molecule has 0 spiro atoms. The molecule has 24 heavy (non-hydrogen) atoms. The monoisotopic (exact) mass is 329 g/mol. The summed E-state index contributed by atoms with van der Waals surface area (Å²) in [5.74, 6) is 0.414. The molecule has 1 aromatic carbocycles. The molecular weight excluding hydrogens is 306 g/mol. The Bertz CT molecular complexity index is 646. The number of nitrogens with two attached hydrogens (primary N) is 1. The molecule has 0 aromatic heterocycles. The normalized spacial score (nSPS) is 24.5. The molecule has 0 saturated carbocycles. The van der Waals surface area contributed by atoms with Gasteiger partial charge in [-0.15, -0.1) is 0 Å². The Morgan fingerprint density at radius 2 is 2.08 bits per heavy atom. The van der Waals surface area contributed by atoms with Crippen LogP contribution in [0.25, 0.3) is 0 Å². The SMILES string of the molecule is CN1C(=O)CC(C2CCCN(C(=O)Nc3ccccc3)C2)N=C1N. The second-order valence-electron chi connectivity index (χ2n) is 6.36. The van der Waals surface area contributed by atoms with Crippen LogP contribution in [0.1, 0.15) is 19.3 Å². The number of guanidine groups is 1. The summed E-state index contributed by atoms with van der Waals surface area (Å²) in [7, 11) is 1.64. The van der Waals surface area contributed by atoms with E-state index in [1.165, 1.54) is 4.90 Å². The second-order valence-corrected chi connectivity index (χ2v) is 6.36. The zero-order valence-electron chi connectivity index (χ0n) is 13.8. The van der Waals surface area contributed by atoms with E-state index in [-0.39, 0.29) is 29.9 Å². The number of para-hydroxylation sites is 1. The van der Waals surface area contributed by atoms with E-state index in [4.69, 9.17) is 5.73 Å². The molecule has 128 valence electrons. The van der Waals surface area contributed by atoms with E-state index in [1.807, 2.05) is 30.3 Å². The topological polar surface area (TPSA) is 91.0 Å². The van der Waals surface area contributed by atoms with Crippen molar-refractivity contribution < 1.29 is 9.59 Å². The van der Waals surface area contributed by atoms with Crippen LogP contribution in [0.15, 0.2) is 35.3 Å². The van der Waals surface area contributed by atoms with E-state index in [0.29, 0.717) is 13.0 Å². The molecule has 0 bridgehead atoms. The highest BCUT2D eigenvalue weighted by Gasteiger charge is 2.34. The highest BCUT2D eigenvalue weighted by Crippen LogP contribution is 2.26. The number of amides is 3. The molecule has 2 aliphatic rings. The number of anilines is 1. The summed E-state index contributed by atoms with van der Waals surface area (Å²) in [6.07, 6.45) is 2.21. The van der Waals surface area contributed by atoms with Crippen LogP contribution >= 0.6 is 0 Å². The Morgan fingerprint density at radius 3 is 2.79 bits per heavy atom. The third-order valence-electron chi connectivity index (χ3n) is 4.71. The maximum atomic E-state index is 12.5.